The number of carbonyl (C=O) groups is 2. The van der Waals surface area contributed by atoms with Crippen LogP contribution in [0.15, 0.2) is 0 Å². The Labute approximate surface area is 106 Å². The van der Waals surface area contributed by atoms with Crippen LogP contribution in [0.2, 0.25) is 0 Å². The minimum atomic E-state index is -3.03. The van der Waals surface area contributed by atoms with Gasteiger partial charge in [-0.3, -0.25) is 9.59 Å². The summed E-state index contributed by atoms with van der Waals surface area (Å²) < 4.78 is 22.8. The predicted octanol–water partition coefficient (Wildman–Crippen LogP) is -0.257. The Kier molecular flexibility index (Phi) is 3.35. The zero-order valence-electron chi connectivity index (χ0n) is 10.2. The fourth-order valence-electron chi connectivity index (χ4n) is 2.57. The highest BCUT2D eigenvalue weighted by molar-refractivity contribution is 7.91. The predicted molar refractivity (Wildman–Crippen MR) is 63.7 cm³/mol. The maximum absolute atomic E-state index is 12.1. The fourth-order valence-corrected chi connectivity index (χ4v) is 4.30. The fraction of sp³-hybridized carbons (Fsp3) is 0.818. The lowest BCUT2D eigenvalue weighted by atomic mass is 10.2. The molecule has 0 aromatic rings. The van der Waals surface area contributed by atoms with Crippen LogP contribution in [0.25, 0.3) is 0 Å². The summed E-state index contributed by atoms with van der Waals surface area (Å²) in [4.78, 5) is 24.4. The molecule has 3 atom stereocenters. The van der Waals surface area contributed by atoms with Crippen LogP contribution in [0.4, 0.5) is 0 Å². The number of hydrogen-bond donors (Lipinski definition) is 1. The van der Waals surface area contributed by atoms with E-state index in [9.17, 15) is 18.0 Å². The number of carboxylic acid groups (broad SMARTS) is 1. The van der Waals surface area contributed by atoms with Gasteiger partial charge < -0.3 is 10.0 Å². The molecule has 1 aliphatic heterocycles. The molecule has 0 aromatic carbocycles. The Bertz CT molecular complexity index is 472. The van der Waals surface area contributed by atoms with Crippen molar-refractivity contribution in [2.24, 2.45) is 11.8 Å². The summed E-state index contributed by atoms with van der Waals surface area (Å²) in [5.41, 5.74) is 0. The monoisotopic (exact) mass is 275 g/mol. The van der Waals surface area contributed by atoms with Gasteiger partial charge in [-0.05, 0) is 19.8 Å². The van der Waals surface area contributed by atoms with Gasteiger partial charge in [0.2, 0.25) is 5.91 Å². The summed E-state index contributed by atoms with van der Waals surface area (Å²) in [5, 5.41) is 8.81. The molecule has 1 amide bonds. The molecule has 2 fully saturated rings. The maximum atomic E-state index is 12.1. The minimum absolute atomic E-state index is 0.0110. The molecule has 1 saturated heterocycles. The molecule has 2 rings (SSSR count). The van der Waals surface area contributed by atoms with Crippen molar-refractivity contribution in [3.05, 3.63) is 0 Å². The Morgan fingerprint density at radius 1 is 1.33 bits per heavy atom. The SMILES string of the molecule is CCN(C(=O)[C@@H]1C[C@H]1C(=O)O)[C@H]1CCS(=O)(=O)C1. The van der Waals surface area contributed by atoms with Crippen LogP contribution < -0.4 is 0 Å². The number of nitrogens with zero attached hydrogens (tertiary/aromatic N) is 1. The van der Waals surface area contributed by atoms with Gasteiger partial charge in [0.15, 0.2) is 9.84 Å². The second-order valence-corrected chi connectivity index (χ2v) is 7.20. The van der Waals surface area contributed by atoms with Gasteiger partial charge in [0.05, 0.1) is 23.3 Å². The number of amides is 1. The van der Waals surface area contributed by atoms with E-state index in [1.807, 2.05) is 0 Å². The Morgan fingerprint density at radius 3 is 2.39 bits per heavy atom. The minimum Gasteiger partial charge on any atom is -0.481 e. The summed E-state index contributed by atoms with van der Waals surface area (Å²) in [7, 11) is -3.03. The van der Waals surface area contributed by atoms with Crippen LogP contribution >= 0.6 is 0 Å². The van der Waals surface area contributed by atoms with Crippen molar-refractivity contribution in [1.29, 1.82) is 0 Å². The number of sulfone groups is 1. The summed E-state index contributed by atoms with van der Waals surface area (Å²) in [6.45, 7) is 2.23. The third-order valence-electron chi connectivity index (χ3n) is 3.70. The molecule has 7 heteroatoms. The Hall–Kier alpha value is -1.11. The molecule has 1 aliphatic carbocycles. The van der Waals surface area contributed by atoms with Crippen molar-refractivity contribution in [3.8, 4) is 0 Å². The molecular formula is C11H17NO5S. The first kappa shape index (κ1) is 13.3. The molecule has 18 heavy (non-hydrogen) atoms. The smallest absolute Gasteiger partial charge is 0.307 e. The zero-order valence-corrected chi connectivity index (χ0v) is 11.0. The molecule has 2 aliphatic rings. The first-order valence-corrected chi connectivity index (χ1v) is 7.91. The van der Waals surface area contributed by atoms with E-state index in [-0.39, 0.29) is 23.5 Å². The van der Waals surface area contributed by atoms with Crippen molar-refractivity contribution in [1.82, 2.24) is 4.90 Å². The quantitative estimate of drug-likeness (QED) is 0.763. The van der Waals surface area contributed by atoms with Crippen molar-refractivity contribution >= 4 is 21.7 Å². The lowest BCUT2D eigenvalue weighted by Crippen LogP contribution is -2.42. The molecule has 102 valence electrons. The number of aliphatic carboxylic acids is 1. The molecule has 0 aromatic heterocycles. The van der Waals surface area contributed by atoms with E-state index >= 15 is 0 Å². The van der Waals surface area contributed by atoms with Crippen molar-refractivity contribution in [2.45, 2.75) is 25.8 Å². The van der Waals surface area contributed by atoms with Crippen LogP contribution in [0.5, 0.6) is 0 Å². The van der Waals surface area contributed by atoms with Gasteiger partial charge in [-0.1, -0.05) is 0 Å². The van der Waals surface area contributed by atoms with Gasteiger partial charge in [-0.2, -0.15) is 0 Å². The van der Waals surface area contributed by atoms with Crippen LogP contribution in [0.1, 0.15) is 19.8 Å². The standard InChI is InChI=1S/C11H17NO5S/c1-2-12(7-3-4-18(16,17)6-7)10(13)8-5-9(8)11(14)15/h7-9H,2-6H2,1H3,(H,14,15)/t7-,8+,9+/m0/s1. The number of carbonyl (C=O) groups excluding carboxylic acids is 1. The second kappa shape index (κ2) is 4.53. The topological polar surface area (TPSA) is 91.8 Å². The van der Waals surface area contributed by atoms with E-state index in [2.05, 4.69) is 0 Å². The molecule has 0 unspecified atom stereocenters. The first-order chi connectivity index (χ1) is 8.35. The van der Waals surface area contributed by atoms with Gasteiger partial charge in [-0.25, -0.2) is 8.42 Å². The van der Waals surface area contributed by atoms with Gasteiger partial charge in [0, 0.05) is 12.6 Å². The number of carboxylic acids is 1. The molecule has 1 saturated carbocycles. The van der Waals surface area contributed by atoms with Crippen molar-refractivity contribution in [2.75, 3.05) is 18.1 Å². The summed E-state index contributed by atoms with van der Waals surface area (Å²) in [5.74, 6) is -2.04. The van der Waals surface area contributed by atoms with Crippen LogP contribution in [-0.2, 0) is 19.4 Å². The summed E-state index contributed by atoms with van der Waals surface area (Å²) in [6, 6.07) is -0.275. The van der Waals surface area contributed by atoms with Gasteiger partial charge >= 0.3 is 5.97 Å². The normalized spacial score (nSPS) is 33.1. The lowest BCUT2D eigenvalue weighted by molar-refractivity contribution is -0.142. The molecular weight excluding hydrogens is 258 g/mol. The highest BCUT2D eigenvalue weighted by atomic mass is 32.2. The Morgan fingerprint density at radius 2 is 2.00 bits per heavy atom. The van der Waals surface area contributed by atoms with Crippen molar-refractivity contribution < 1.29 is 23.1 Å². The van der Waals surface area contributed by atoms with E-state index in [1.54, 1.807) is 6.92 Å². The molecule has 0 radical (unpaired) electrons. The van der Waals surface area contributed by atoms with E-state index in [4.69, 9.17) is 5.11 Å². The van der Waals surface area contributed by atoms with E-state index < -0.39 is 27.6 Å². The Balaban J connectivity index is 2.02. The summed E-state index contributed by atoms with van der Waals surface area (Å²) >= 11 is 0. The average molecular weight is 275 g/mol. The van der Waals surface area contributed by atoms with Gasteiger partial charge in [0.25, 0.3) is 0 Å². The first-order valence-electron chi connectivity index (χ1n) is 6.09. The number of hydrogen-bond acceptors (Lipinski definition) is 4. The third kappa shape index (κ3) is 2.50. The maximum Gasteiger partial charge on any atom is 0.307 e. The number of rotatable bonds is 4. The summed E-state index contributed by atoms with van der Waals surface area (Å²) in [6.07, 6.45) is 0.844. The molecule has 0 bridgehead atoms. The molecule has 1 N–H and O–H groups in total. The average Bonchev–Trinajstić information content (AvgIpc) is 3.00. The van der Waals surface area contributed by atoms with Gasteiger partial charge in [0.1, 0.15) is 0 Å². The lowest BCUT2D eigenvalue weighted by Gasteiger charge is -2.27. The second-order valence-electron chi connectivity index (χ2n) is 4.97. The molecule has 0 spiro atoms. The van der Waals surface area contributed by atoms with Crippen LogP contribution in [-0.4, -0.2) is 54.4 Å². The highest BCUT2D eigenvalue weighted by Crippen LogP contribution is 2.40. The van der Waals surface area contributed by atoms with E-state index in [0.29, 0.717) is 19.4 Å². The molecule has 1 heterocycles. The highest BCUT2D eigenvalue weighted by Gasteiger charge is 2.51. The van der Waals surface area contributed by atoms with Crippen LogP contribution in [0.3, 0.4) is 0 Å². The van der Waals surface area contributed by atoms with E-state index in [1.165, 1.54) is 4.90 Å². The zero-order chi connectivity index (χ0) is 13.5. The van der Waals surface area contributed by atoms with Crippen LogP contribution in [0, 0.1) is 11.8 Å². The third-order valence-corrected chi connectivity index (χ3v) is 5.45. The largest absolute Gasteiger partial charge is 0.481 e. The van der Waals surface area contributed by atoms with Gasteiger partial charge in [-0.15, -0.1) is 0 Å². The molecule has 6 nitrogen and oxygen atoms in total. The van der Waals surface area contributed by atoms with Crippen molar-refractivity contribution in [3.63, 3.8) is 0 Å². The van der Waals surface area contributed by atoms with E-state index in [0.717, 1.165) is 0 Å².